The maximum absolute atomic E-state index is 12.6. The minimum atomic E-state index is -2.76. The SMILES string of the molecule is CCC1(C(NC(=O)c2ccc(C#CC#CCCO)cc2)C(=O)NO)CS(O)(O)C1. The lowest BCUT2D eigenvalue weighted by molar-refractivity contribution is -0.134. The van der Waals surface area contributed by atoms with Crippen LogP contribution in [0.3, 0.4) is 0 Å². The van der Waals surface area contributed by atoms with Crippen LogP contribution in [0.25, 0.3) is 0 Å². The summed E-state index contributed by atoms with van der Waals surface area (Å²) in [5, 5.41) is 20.3. The molecule has 2 rings (SSSR count). The predicted octanol–water partition coefficient (Wildman–Crippen LogP) is 1.19. The molecule has 0 bridgehead atoms. The topological polar surface area (TPSA) is 139 Å². The standard InChI is InChI=1S/C20H24N2O6S/c1-2-20(13-29(27,28)14-20)17(19(25)22-26)21-18(24)16-10-8-15(9-11-16)7-5-3-4-6-12-23/h8-11,17,23,26-28H,2,6,12-14H2,1H3,(H,21,24)(H,22,25). The first-order valence-corrected chi connectivity index (χ1v) is 10.8. The van der Waals surface area contributed by atoms with Gasteiger partial charge in [-0.3, -0.25) is 23.9 Å². The summed E-state index contributed by atoms with van der Waals surface area (Å²) in [5.41, 5.74) is 1.64. The molecular formula is C20H24N2O6S. The van der Waals surface area contributed by atoms with Crippen molar-refractivity contribution in [1.82, 2.24) is 10.8 Å². The number of carbonyl (C=O) groups excluding carboxylic acids is 2. The molecule has 1 atom stereocenters. The quantitative estimate of drug-likeness (QED) is 0.232. The van der Waals surface area contributed by atoms with Gasteiger partial charge in [-0.1, -0.05) is 18.8 Å². The Morgan fingerprint density at radius 3 is 2.38 bits per heavy atom. The van der Waals surface area contributed by atoms with E-state index in [1.165, 1.54) is 0 Å². The van der Waals surface area contributed by atoms with Crippen molar-refractivity contribution in [2.45, 2.75) is 25.8 Å². The largest absolute Gasteiger partial charge is 0.395 e. The van der Waals surface area contributed by atoms with Crippen LogP contribution in [0.1, 0.15) is 35.7 Å². The number of rotatable bonds is 6. The van der Waals surface area contributed by atoms with Crippen molar-refractivity contribution in [2.24, 2.45) is 5.41 Å². The Morgan fingerprint density at radius 2 is 1.86 bits per heavy atom. The molecule has 156 valence electrons. The molecule has 1 unspecified atom stereocenters. The fourth-order valence-electron chi connectivity index (χ4n) is 3.20. The molecule has 29 heavy (non-hydrogen) atoms. The fourth-order valence-corrected chi connectivity index (χ4v) is 5.70. The smallest absolute Gasteiger partial charge is 0.266 e. The van der Waals surface area contributed by atoms with Crippen LogP contribution in [0, 0.1) is 29.1 Å². The van der Waals surface area contributed by atoms with Gasteiger partial charge in [-0.05, 0) is 42.5 Å². The van der Waals surface area contributed by atoms with Gasteiger partial charge in [-0.25, -0.2) is 5.48 Å². The number of aliphatic hydroxyl groups is 1. The molecule has 1 heterocycles. The molecule has 0 aliphatic carbocycles. The van der Waals surface area contributed by atoms with Gasteiger partial charge >= 0.3 is 0 Å². The monoisotopic (exact) mass is 420 g/mol. The lowest BCUT2D eigenvalue weighted by atomic mass is 9.79. The summed E-state index contributed by atoms with van der Waals surface area (Å²) < 4.78 is 19.6. The molecule has 6 N–H and O–H groups in total. The normalized spacial score (nSPS) is 17.8. The molecule has 1 saturated heterocycles. The van der Waals surface area contributed by atoms with Gasteiger partial charge in [0, 0.05) is 34.5 Å². The lowest BCUT2D eigenvalue weighted by Crippen LogP contribution is -2.63. The van der Waals surface area contributed by atoms with Crippen molar-refractivity contribution < 1.29 is 29.0 Å². The van der Waals surface area contributed by atoms with Crippen molar-refractivity contribution in [3.05, 3.63) is 35.4 Å². The van der Waals surface area contributed by atoms with Crippen LogP contribution < -0.4 is 10.8 Å². The third kappa shape index (κ3) is 5.73. The van der Waals surface area contributed by atoms with Crippen molar-refractivity contribution >= 4 is 22.4 Å². The molecule has 8 nitrogen and oxygen atoms in total. The average molecular weight is 420 g/mol. The number of nitrogens with one attached hydrogen (secondary N) is 2. The minimum absolute atomic E-state index is 0.0132. The van der Waals surface area contributed by atoms with Crippen LogP contribution in [-0.4, -0.2) is 55.4 Å². The van der Waals surface area contributed by atoms with Crippen LogP contribution in [-0.2, 0) is 4.79 Å². The zero-order chi connectivity index (χ0) is 21.5. The van der Waals surface area contributed by atoms with Gasteiger partial charge in [0.15, 0.2) is 0 Å². The molecule has 0 radical (unpaired) electrons. The maximum atomic E-state index is 12.6. The molecule has 1 aromatic carbocycles. The third-order valence-electron chi connectivity index (χ3n) is 4.74. The molecular weight excluding hydrogens is 396 g/mol. The van der Waals surface area contributed by atoms with E-state index in [4.69, 9.17) is 10.3 Å². The molecule has 0 spiro atoms. The minimum Gasteiger partial charge on any atom is -0.395 e. The van der Waals surface area contributed by atoms with Crippen LogP contribution in [0.15, 0.2) is 24.3 Å². The molecule has 0 saturated carbocycles. The van der Waals surface area contributed by atoms with Crippen LogP contribution in [0.5, 0.6) is 0 Å². The van der Waals surface area contributed by atoms with E-state index in [9.17, 15) is 18.7 Å². The molecule has 1 aromatic rings. The van der Waals surface area contributed by atoms with Gasteiger partial charge in [0.1, 0.15) is 6.04 Å². The van der Waals surface area contributed by atoms with Crippen LogP contribution >= 0.6 is 10.6 Å². The number of hydrogen-bond acceptors (Lipinski definition) is 6. The highest BCUT2D eigenvalue weighted by Gasteiger charge is 2.55. The van der Waals surface area contributed by atoms with E-state index in [1.807, 2.05) is 0 Å². The molecule has 1 aliphatic rings. The van der Waals surface area contributed by atoms with Crippen LogP contribution in [0.4, 0.5) is 0 Å². The molecule has 2 amide bonds. The van der Waals surface area contributed by atoms with Crippen LogP contribution in [0.2, 0.25) is 0 Å². The number of hydroxylamine groups is 1. The first-order valence-electron chi connectivity index (χ1n) is 8.95. The number of carbonyl (C=O) groups is 2. The van der Waals surface area contributed by atoms with Gasteiger partial charge in [0.25, 0.3) is 11.8 Å². The summed E-state index contributed by atoms with van der Waals surface area (Å²) in [6.45, 7) is 1.77. The summed E-state index contributed by atoms with van der Waals surface area (Å²) in [6.07, 6.45) is 0.776. The van der Waals surface area contributed by atoms with Crippen molar-refractivity contribution in [2.75, 3.05) is 18.1 Å². The summed E-state index contributed by atoms with van der Waals surface area (Å²) in [4.78, 5) is 24.8. The highest BCUT2D eigenvalue weighted by atomic mass is 32.3. The third-order valence-corrected chi connectivity index (χ3v) is 6.82. The van der Waals surface area contributed by atoms with E-state index in [0.29, 0.717) is 18.4 Å². The molecule has 1 aliphatic heterocycles. The Hall–Kier alpha value is -2.53. The van der Waals surface area contributed by atoms with Crippen molar-refractivity contribution in [3.63, 3.8) is 0 Å². The van der Waals surface area contributed by atoms with Crippen molar-refractivity contribution in [1.29, 1.82) is 0 Å². The van der Waals surface area contributed by atoms with Gasteiger partial charge in [-0.15, -0.1) is 0 Å². The summed E-state index contributed by atoms with van der Waals surface area (Å²) in [5.74, 6) is 9.37. The zero-order valence-electron chi connectivity index (χ0n) is 15.9. The Kier molecular flexibility index (Phi) is 7.68. The summed E-state index contributed by atoms with van der Waals surface area (Å²) in [7, 11) is -2.76. The summed E-state index contributed by atoms with van der Waals surface area (Å²) >= 11 is 0. The first-order chi connectivity index (χ1) is 13.8. The highest BCUT2D eigenvalue weighted by Crippen LogP contribution is 2.61. The second-order valence-corrected chi connectivity index (χ2v) is 8.97. The zero-order valence-corrected chi connectivity index (χ0v) is 16.8. The second kappa shape index (κ2) is 9.79. The second-order valence-electron chi connectivity index (χ2n) is 6.79. The maximum Gasteiger partial charge on any atom is 0.266 e. The Morgan fingerprint density at radius 1 is 1.21 bits per heavy atom. The number of aliphatic hydroxyl groups excluding tert-OH is 1. The first kappa shape index (κ1) is 22.8. The van der Waals surface area contributed by atoms with E-state index >= 15 is 0 Å². The van der Waals surface area contributed by atoms with E-state index in [1.54, 1.807) is 36.7 Å². The van der Waals surface area contributed by atoms with E-state index in [0.717, 1.165) is 0 Å². The van der Waals surface area contributed by atoms with Gasteiger partial charge in [0.2, 0.25) is 0 Å². The van der Waals surface area contributed by atoms with Crippen molar-refractivity contribution in [3.8, 4) is 23.7 Å². The number of amides is 2. The Balaban J connectivity index is 2.12. The summed E-state index contributed by atoms with van der Waals surface area (Å²) in [6, 6.07) is 5.24. The Bertz CT molecular complexity index is 868. The van der Waals surface area contributed by atoms with Gasteiger partial charge in [-0.2, -0.15) is 10.6 Å². The highest BCUT2D eigenvalue weighted by molar-refractivity contribution is 8.25. The van der Waals surface area contributed by atoms with E-state index in [-0.39, 0.29) is 23.7 Å². The fraction of sp³-hybridized carbons (Fsp3) is 0.400. The molecule has 9 heteroatoms. The number of hydrogen-bond donors (Lipinski definition) is 6. The van der Waals surface area contributed by atoms with Gasteiger partial charge in [0.05, 0.1) is 6.61 Å². The number of benzene rings is 1. The molecule has 0 aromatic heterocycles. The lowest BCUT2D eigenvalue weighted by Gasteiger charge is -2.58. The van der Waals surface area contributed by atoms with E-state index in [2.05, 4.69) is 29.0 Å². The predicted molar refractivity (Wildman–Crippen MR) is 109 cm³/mol. The molecule has 1 fully saturated rings. The van der Waals surface area contributed by atoms with E-state index < -0.39 is 33.9 Å². The van der Waals surface area contributed by atoms with Gasteiger partial charge < -0.3 is 10.4 Å². The average Bonchev–Trinajstić information content (AvgIpc) is 2.69. The Labute approximate surface area is 171 Å².